The molecule has 0 spiro atoms. The van der Waals surface area contributed by atoms with Gasteiger partial charge in [-0.2, -0.15) is 0 Å². The Bertz CT molecular complexity index is 458. The summed E-state index contributed by atoms with van der Waals surface area (Å²) in [4.78, 5) is 11.1. The van der Waals surface area contributed by atoms with Crippen molar-refractivity contribution in [1.29, 1.82) is 0 Å². The molecular weight excluding hydrogens is 389 g/mol. The lowest BCUT2D eigenvalue weighted by Crippen LogP contribution is -2.37. The Morgan fingerprint density at radius 1 is 1.32 bits per heavy atom. The molecule has 1 fully saturated rings. The number of hydrogen-bond acceptors (Lipinski definition) is 3. The van der Waals surface area contributed by atoms with E-state index in [1.54, 1.807) is 0 Å². The number of hydrogen-bond donors (Lipinski definition) is 2. The number of halogens is 1. The van der Waals surface area contributed by atoms with Gasteiger partial charge in [0.15, 0.2) is 5.96 Å². The van der Waals surface area contributed by atoms with Gasteiger partial charge >= 0.3 is 0 Å². The van der Waals surface area contributed by atoms with E-state index in [1.807, 2.05) is 13.2 Å². The number of aromatic nitrogens is 1. The van der Waals surface area contributed by atoms with E-state index in [4.69, 9.17) is 0 Å². The van der Waals surface area contributed by atoms with Gasteiger partial charge < -0.3 is 15.5 Å². The van der Waals surface area contributed by atoms with Crippen LogP contribution in [0.25, 0.3) is 0 Å². The van der Waals surface area contributed by atoms with Crippen LogP contribution in [-0.4, -0.2) is 37.6 Å². The molecule has 1 aliphatic rings. The third kappa shape index (κ3) is 5.98. The fraction of sp³-hybridized carbons (Fsp3) is 0.625. The van der Waals surface area contributed by atoms with Crippen LogP contribution in [0.4, 0.5) is 5.82 Å². The largest absolute Gasteiger partial charge is 0.357 e. The fourth-order valence-corrected chi connectivity index (χ4v) is 2.48. The van der Waals surface area contributed by atoms with Gasteiger partial charge in [0.2, 0.25) is 0 Å². The van der Waals surface area contributed by atoms with E-state index in [0.717, 1.165) is 44.4 Å². The standard InChI is InChI=1S/C16H27N5.HI/c1-3-4-8-19-16(17-2)20-13-14-7-9-18-15(12-14)21-10-5-6-11-21;/h7,9,12H,3-6,8,10-11,13H2,1-2H3,(H2,17,19,20);1H. The SMILES string of the molecule is CCCCNC(=NC)NCc1ccnc(N2CCCC2)c1.I. The minimum atomic E-state index is 0. The Labute approximate surface area is 151 Å². The average Bonchev–Trinajstić information content (AvgIpc) is 3.05. The molecule has 0 aromatic carbocycles. The van der Waals surface area contributed by atoms with Crippen LogP contribution in [0.1, 0.15) is 38.2 Å². The van der Waals surface area contributed by atoms with Crippen molar-refractivity contribution < 1.29 is 0 Å². The first kappa shape index (κ1) is 19.0. The summed E-state index contributed by atoms with van der Waals surface area (Å²) in [5, 5.41) is 6.68. The number of aliphatic imine (C=N–C) groups is 1. The molecule has 5 nitrogen and oxygen atoms in total. The van der Waals surface area contributed by atoms with Gasteiger partial charge in [-0.1, -0.05) is 13.3 Å². The third-order valence-electron chi connectivity index (χ3n) is 3.75. The Morgan fingerprint density at radius 2 is 2.09 bits per heavy atom. The lowest BCUT2D eigenvalue weighted by molar-refractivity contribution is 0.728. The molecule has 0 amide bonds. The number of unbranched alkanes of at least 4 members (excludes halogenated alkanes) is 1. The molecule has 1 aromatic rings. The van der Waals surface area contributed by atoms with Crippen molar-refractivity contribution in [3.8, 4) is 0 Å². The first-order valence-corrected chi connectivity index (χ1v) is 7.98. The van der Waals surface area contributed by atoms with Crippen molar-refractivity contribution in [2.75, 3.05) is 31.6 Å². The predicted molar refractivity (Wildman–Crippen MR) is 104 cm³/mol. The molecule has 6 heteroatoms. The first-order valence-electron chi connectivity index (χ1n) is 7.98. The van der Waals surface area contributed by atoms with Crippen LogP contribution in [-0.2, 0) is 6.54 Å². The summed E-state index contributed by atoms with van der Waals surface area (Å²) >= 11 is 0. The number of anilines is 1. The molecule has 22 heavy (non-hydrogen) atoms. The van der Waals surface area contributed by atoms with E-state index in [2.05, 4.69) is 44.6 Å². The molecule has 0 radical (unpaired) electrons. The summed E-state index contributed by atoms with van der Waals surface area (Å²) in [5.41, 5.74) is 1.24. The highest BCUT2D eigenvalue weighted by Gasteiger charge is 2.13. The Kier molecular flexibility index (Phi) is 9.19. The normalized spacial score (nSPS) is 14.6. The summed E-state index contributed by atoms with van der Waals surface area (Å²) in [6.07, 6.45) is 6.80. The second-order valence-electron chi connectivity index (χ2n) is 5.42. The van der Waals surface area contributed by atoms with Crippen LogP contribution >= 0.6 is 24.0 Å². The zero-order chi connectivity index (χ0) is 14.9. The molecule has 2 rings (SSSR count). The Morgan fingerprint density at radius 3 is 2.77 bits per heavy atom. The van der Waals surface area contributed by atoms with Crippen molar-refractivity contribution in [1.82, 2.24) is 15.6 Å². The smallest absolute Gasteiger partial charge is 0.191 e. The molecule has 1 saturated heterocycles. The molecule has 124 valence electrons. The van der Waals surface area contributed by atoms with Gasteiger partial charge in [-0.25, -0.2) is 4.98 Å². The molecule has 1 aromatic heterocycles. The fourth-order valence-electron chi connectivity index (χ4n) is 2.48. The van der Waals surface area contributed by atoms with Crippen LogP contribution in [0.3, 0.4) is 0 Å². The molecular formula is C16H28IN5. The van der Waals surface area contributed by atoms with Crippen molar-refractivity contribution in [3.05, 3.63) is 23.9 Å². The van der Waals surface area contributed by atoms with Crippen LogP contribution in [0.15, 0.2) is 23.3 Å². The van der Waals surface area contributed by atoms with Crippen LogP contribution in [0.2, 0.25) is 0 Å². The number of pyridine rings is 1. The molecule has 0 saturated carbocycles. The molecule has 0 bridgehead atoms. The first-order chi connectivity index (χ1) is 10.3. The van der Waals surface area contributed by atoms with Crippen molar-refractivity contribution in [3.63, 3.8) is 0 Å². The molecule has 0 unspecified atom stereocenters. The van der Waals surface area contributed by atoms with Crippen molar-refractivity contribution in [2.45, 2.75) is 39.2 Å². The molecule has 2 heterocycles. The lowest BCUT2D eigenvalue weighted by atomic mass is 10.2. The summed E-state index contributed by atoms with van der Waals surface area (Å²) < 4.78 is 0. The Hall–Kier alpha value is -1.05. The number of rotatable bonds is 6. The quantitative estimate of drug-likeness (QED) is 0.324. The van der Waals surface area contributed by atoms with Gasteiger partial charge in [0.1, 0.15) is 5.82 Å². The topological polar surface area (TPSA) is 52.6 Å². The van der Waals surface area contributed by atoms with Gasteiger partial charge in [-0.05, 0) is 37.0 Å². The van der Waals surface area contributed by atoms with Crippen LogP contribution in [0.5, 0.6) is 0 Å². The second kappa shape index (κ2) is 10.6. The van der Waals surface area contributed by atoms with E-state index in [-0.39, 0.29) is 24.0 Å². The van der Waals surface area contributed by atoms with Gasteiger partial charge in [-0.15, -0.1) is 24.0 Å². The summed E-state index contributed by atoms with van der Waals surface area (Å²) in [7, 11) is 1.81. The maximum Gasteiger partial charge on any atom is 0.191 e. The zero-order valence-electron chi connectivity index (χ0n) is 13.6. The highest BCUT2D eigenvalue weighted by atomic mass is 127. The number of nitrogens with one attached hydrogen (secondary N) is 2. The maximum absolute atomic E-state index is 4.48. The van der Waals surface area contributed by atoms with Gasteiger partial charge in [0.05, 0.1) is 0 Å². The highest BCUT2D eigenvalue weighted by molar-refractivity contribution is 14.0. The van der Waals surface area contributed by atoms with Gasteiger partial charge in [-0.3, -0.25) is 4.99 Å². The van der Waals surface area contributed by atoms with Crippen molar-refractivity contribution in [2.24, 2.45) is 4.99 Å². The highest BCUT2D eigenvalue weighted by Crippen LogP contribution is 2.18. The average molecular weight is 417 g/mol. The Balaban J connectivity index is 0.00000242. The summed E-state index contributed by atoms with van der Waals surface area (Å²) in [6, 6.07) is 4.24. The second-order valence-corrected chi connectivity index (χ2v) is 5.42. The molecule has 0 atom stereocenters. The maximum atomic E-state index is 4.48. The predicted octanol–water partition coefficient (Wildman–Crippen LogP) is 2.76. The zero-order valence-corrected chi connectivity index (χ0v) is 16.0. The van der Waals surface area contributed by atoms with Gasteiger partial charge in [0, 0.05) is 39.4 Å². The van der Waals surface area contributed by atoms with E-state index < -0.39 is 0 Å². The molecule has 0 aliphatic carbocycles. The molecule has 1 aliphatic heterocycles. The van der Waals surface area contributed by atoms with Crippen LogP contribution < -0.4 is 15.5 Å². The van der Waals surface area contributed by atoms with Gasteiger partial charge in [0.25, 0.3) is 0 Å². The monoisotopic (exact) mass is 417 g/mol. The third-order valence-corrected chi connectivity index (χ3v) is 3.75. The van der Waals surface area contributed by atoms with Crippen molar-refractivity contribution >= 4 is 35.8 Å². The molecule has 2 N–H and O–H groups in total. The lowest BCUT2D eigenvalue weighted by Gasteiger charge is -2.17. The summed E-state index contributed by atoms with van der Waals surface area (Å²) in [6.45, 7) is 6.18. The number of guanidine groups is 1. The van der Waals surface area contributed by atoms with E-state index in [1.165, 1.54) is 24.8 Å². The number of nitrogens with zero attached hydrogens (tertiary/aromatic N) is 3. The van der Waals surface area contributed by atoms with Crippen LogP contribution in [0, 0.1) is 0 Å². The van der Waals surface area contributed by atoms with E-state index in [0.29, 0.717) is 0 Å². The minimum absolute atomic E-state index is 0. The van der Waals surface area contributed by atoms with E-state index in [9.17, 15) is 0 Å². The summed E-state index contributed by atoms with van der Waals surface area (Å²) in [5.74, 6) is 1.96. The minimum Gasteiger partial charge on any atom is -0.357 e. The van der Waals surface area contributed by atoms with E-state index >= 15 is 0 Å².